The fourth-order valence-corrected chi connectivity index (χ4v) is 5.26. The van der Waals surface area contributed by atoms with E-state index < -0.39 is 76.0 Å². The molecule has 0 amide bonds. The van der Waals surface area contributed by atoms with Crippen molar-refractivity contribution in [3.8, 4) is 0 Å². The monoisotopic (exact) mass is 574 g/mol. The SMILES string of the molecule is FC(F)(F)C(F)(F)C12C(F)(F)C3(F)C(F)(F)C(F)(C(F)(F)C(C(F)(F)F)(C3(F)F)C1(F)F)C2(F)F. The van der Waals surface area contributed by atoms with Crippen molar-refractivity contribution in [2.24, 2.45) is 10.8 Å². The van der Waals surface area contributed by atoms with Crippen LogP contribution in [0.3, 0.4) is 0 Å². The van der Waals surface area contributed by atoms with Gasteiger partial charge in [0, 0.05) is 0 Å². The van der Waals surface area contributed by atoms with E-state index in [1.54, 1.807) is 0 Å². The average molecular weight is 574 g/mol. The minimum Gasteiger partial charge on any atom is -0.223 e. The summed E-state index contributed by atoms with van der Waals surface area (Å²) in [4.78, 5) is 0. The van der Waals surface area contributed by atoms with E-state index in [1.807, 2.05) is 0 Å². The molecular weight excluding hydrogens is 574 g/mol. The second-order valence-electron chi connectivity index (χ2n) is 7.83. The van der Waals surface area contributed by atoms with E-state index in [2.05, 4.69) is 0 Å². The molecule has 0 aromatic rings. The quantitative estimate of drug-likeness (QED) is 0.297. The molecule has 0 spiro atoms. The second kappa shape index (κ2) is 5.50. The van der Waals surface area contributed by atoms with Crippen molar-refractivity contribution in [3.63, 3.8) is 0 Å². The maximum atomic E-state index is 14.7. The number of hydrogen-bond acceptors (Lipinski definition) is 0. The summed E-state index contributed by atoms with van der Waals surface area (Å²) in [6.45, 7) is 0. The first-order chi connectivity index (χ1) is 14.8. The molecule has 0 heterocycles. The first-order valence-corrected chi connectivity index (χ1v) is 7.91. The molecule has 0 nitrogen and oxygen atoms in total. The van der Waals surface area contributed by atoms with Crippen molar-refractivity contribution < 1.29 is 96.6 Å². The molecule has 22 heteroatoms. The minimum atomic E-state index is -9.33. The molecule has 2 unspecified atom stereocenters. The van der Waals surface area contributed by atoms with Crippen LogP contribution in [-0.2, 0) is 0 Å². The summed E-state index contributed by atoms with van der Waals surface area (Å²) in [7, 11) is 0. The molecule has 2 atom stereocenters. The van der Waals surface area contributed by atoms with Crippen LogP contribution in [-0.4, -0.2) is 65.1 Å². The van der Waals surface area contributed by atoms with Gasteiger partial charge in [0.15, 0.2) is 0 Å². The molecule has 0 aliphatic heterocycles. The van der Waals surface area contributed by atoms with E-state index in [1.165, 1.54) is 0 Å². The predicted molar refractivity (Wildman–Crippen MR) is 59.3 cm³/mol. The van der Waals surface area contributed by atoms with E-state index in [0.717, 1.165) is 0 Å². The molecule has 0 saturated heterocycles. The van der Waals surface area contributed by atoms with Crippen molar-refractivity contribution >= 4 is 0 Å². The van der Waals surface area contributed by atoms with Gasteiger partial charge in [0.1, 0.15) is 0 Å². The van der Waals surface area contributed by atoms with Gasteiger partial charge >= 0.3 is 59.2 Å². The van der Waals surface area contributed by atoms with Crippen LogP contribution in [0.1, 0.15) is 0 Å². The summed E-state index contributed by atoms with van der Waals surface area (Å²) in [5.41, 5.74) is -36.1. The van der Waals surface area contributed by atoms with Crippen molar-refractivity contribution in [3.05, 3.63) is 0 Å². The zero-order valence-electron chi connectivity index (χ0n) is 14.8. The molecule has 206 valence electrons. The van der Waals surface area contributed by atoms with Gasteiger partial charge < -0.3 is 0 Å². The lowest BCUT2D eigenvalue weighted by atomic mass is 9.31. The van der Waals surface area contributed by atoms with E-state index >= 15 is 0 Å². The fourth-order valence-electron chi connectivity index (χ4n) is 5.26. The van der Waals surface area contributed by atoms with E-state index in [4.69, 9.17) is 0 Å². The molecule has 0 aromatic carbocycles. The van der Waals surface area contributed by atoms with Gasteiger partial charge in [0.2, 0.25) is 5.41 Å². The standard InChI is InChI=1S/C13F22/c14-3-6(18,19)1(10(26,27)13(33,34)35)5(16,17)2(8(3,22)23,12(30,31)32)9(24,25)4(15,7(1,20)21)11(3,28)29. The first-order valence-electron chi connectivity index (χ1n) is 7.91. The molecule has 0 radical (unpaired) electrons. The highest BCUT2D eigenvalue weighted by molar-refractivity contribution is 5.54. The largest absolute Gasteiger partial charge is 0.454 e. The van der Waals surface area contributed by atoms with Gasteiger partial charge in [-0.15, -0.1) is 0 Å². The summed E-state index contributed by atoms with van der Waals surface area (Å²) in [6.07, 6.45) is -17.3. The van der Waals surface area contributed by atoms with Gasteiger partial charge in [0.05, 0.1) is 0 Å². The van der Waals surface area contributed by atoms with Crippen LogP contribution in [0.5, 0.6) is 0 Å². The van der Waals surface area contributed by atoms with E-state index in [-0.39, 0.29) is 0 Å². The van der Waals surface area contributed by atoms with Crippen LogP contribution >= 0.6 is 0 Å². The Labute approximate surface area is 174 Å². The summed E-state index contributed by atoms with van der Waals surface area (Å²) >= 11 is 0. The Balaban J connectivity index is 2.92. The number of rotatable bonds is 1. The highest BCUT2D eigenvalue weighted by Crippen LogP contribution is 2.96. The van der Waals surface area contributed by atoms with Crippen molar-refractivity contribution in [2.45, 2.75) is 65.1 Å². The smallest absolute Gasteiger partial charge is 0.223 e. The molecule has 4 rings (SSSR count). The van der Waals surface area contributed by atoms with Gasteiger partial charge in [-0.1, -0.05) is 0 Å². The Kier molecular flexibility index (Phi) is 4.40. The maximum Gasteiger partial charge on any atom is 0.454 e. The lowest BCUT2D eigenvalue weighted by Gasteiger charge is -2.77. The Morgan fingerprint density at radius 2 is 0.571 bits per heavy atom. The van der Waals surface area contributed by atoms with Gasteiger partial charge in [-0.3, -0.25) is 0 Å². The molecule has 4 saturated carbocycles. The van der Waals surface area contributed by atoms with Crippen LogP contribution < -0.4 is 0 Å². The third-order valence-electron chi connectivity index (χ3n) is 6.67. The van der Waals surface area contributed by atoms with Gasteiger partial charge in [-0.2, -0.15) is 43.9 Å². The van der Waals surface area contributed by atoms with Gasteiger partial charge in [-0.25, -0.2) is 52.7 Å². The Bertz CT molecular complexity index is 919. The van der Waals surface area contributed by atoms with Gasteiger partial charge in [-0.05, 0) is 0 Å². The van der Waals surface area contributed by atoms with Crippen LogP contribution in [0.2, 0.25) is 0 Å². The lowest BCUT2D eigenvalue weighted by Crippen LogP contribution is -3.09. The Morgan fingerprint density at radius 1 is 0.314 bits per heavy atom. The second-order valence-corrected chi connectivity index (χ2v) is 7.83. The van der Waals surface area contributed by atoms with Crippen molar-refractivity contribution in [1.82, 2.24) is 0 Å². The zero-order valence-corrected chi connectivity index (χ0v) is 14.8. The van der Waals surface area contributed by atoms with Crippen LogP contribution in [0.25, 0.3) is 0 Å². The predicted octanol–water partition coefficient (Wildman–Crippen LogP) is 6.99. The topological polar surface area (TPSA) is 0 Å². The first kappa shape index (κ1) is 28.0. The number of halogens is 22. The van der Waals surface area contributed by atoms with E-state index in [0.29, 0.717) is 0 Å². The maximum absolute atomic E-state index is 14.7. The lowest BCUT2D eigenvalue weighted by molar-refractivity contribution is -0.659. The molecule has 35 heavy (non-hydrogen) atoms. The van der Waals surface area contributed by atoms with Crippen LogP contribution in [0.15, 0.2) is 0 Å². The van der Waals surface area contributed by atoms with Crippen LogP contribution in [0.4, 0.5) is 96.6 Å². The Morgan fingerprint density at radius 3 is 0.800 bits per heavy atom. The molecule has 4 aliphatic carbocycles. The molecule has 0 aromatic heterocycles. The summed E-state index contributed by atoms with van der Waals surface area (Å²) in [6, 6.07) is 0. The molecule has 4 aliphatic rings. The third-order valence-corrected chi connectivity index (χ3v) is 6.67. The van der Waals surface area contributed by atoms with Gasteiger partial charge in [0.25, 0.3) is 11.3 Å². The molecule has 0 N–H and O–H groups in total. The fraction of sp³-hybridized carbons (Fsp3) is 1.00. The third kappa shape index (κ3) is 1.69. The number of alkyl halides is 22. The summed E-state index contributed by atoms with van der Waals surface area (Å²) in [5.74, 6) is -63.3. The van der Waals surface area contributed by atoms with Crippen molar-refractivity contribution in [2.75, 3.05) is 0 Å². The number of hydrogen-bond donors (Lipinski definition) is 0. The molecule has 4 bridgehead atoms. The minimum absolute atomic E-state index is 8.55. The highest BCUT2D eigenvalue weighted by Gasteiger charge is 3.27. The zero-order chi connectivity index (χ0) is 28.5. The van der Waals surface area contributed by atoms with Crippen LogP contribution in [0, 0.1) is 10.8 Å². The molecular formula is C13F22. The Hall–Kier alpha value is -1.54. The average Bonchev–Trinajstić information content (AvgIpc) is 2.52. The summed E-state index contributed by atoms with van der Waals surface area (Å²) < 4.78 is 309. The van der Waals surface area contributed by atoms with E-state index in [9.17, 15) is 96.6 Å². The van der Waals surface area contributed by atoms with Crippen molar-refractivity contribution in [1.29, 1.82) is 0 Å². The molecule has 4 fully saturated rings. The normalized spacial score (nSPS) is 44.4. The summed E-state index contributed by atoms with van der Waals surface area (Å²) in [5, 5.41) is 0. The highest BCUT2D eigenvalue weighted by atomic mass is 19.4.